The lowest BCUT2D eigenvalue weighted by Crippen LogP contribution is -2.22. The molecule has 0 saturated heterocycles. The van der Waals surface area contributed by atoms with Crippen molar-refractivity contribution in [2.24, 2.45) is 0 Å². The van der Waals surface area contributed by atoms with Gasteiger partial charge in [0.1, 0.15) is 5.82 Å². The number of benzene rings is 2. The lowest BCUT2D eigenvalue weighted by atomic mass is 10.2. The average Bonchev–Trinajstić information content (AvgIpc) is 2.43. The van der Waals surface area contributed by atoms with Gasteiger partial charge in [0.05, 0.1) is 22.3 Å². The van der Waals surface area contributed by atoms with Gasteiger partial charge in [0, 0.05) is 5.69 Å². The van der Waals surface area contributed by atoms with E-state index in [9.17, 15) is 9.18 Å². The number of aryl methyl sites for hydroxylation is 1. The molecule has 1 amide bonds. The normalized spacial score (nSPS) is 10.3. The molecule has 2 N–H and O–H groups in total. The van der Waals surface area contributed by atoms with Gasteiger partial charge < -0.3 is 10.6 Å². The standard InChI is InChI=1S/C15H13Cl2FN2O/c1-9-7-10(18)5-6-12(9)19-8-14(21)20-13-4-2-3-11(16)15(13)17/h2-7,19H,8H2,1H3,(H,20,21). The number of carbonyl (C=O) groups excluding carboxylic acids is 1. The molecule has 3 nitrogen and oxygen atoms in total. The molecule has 6 heteroatoms. The molecule has 0 aromatic heterocycles. The highest BCUT2D eigenvalue weighted by molar-refractivity contribution is 6.44. The number of rotatable bonds is 4. The van der Waals surface area contributed by atoms with Crippen molar-refractivity contribution in [3.63, 3.8) is 0 Å². The van der Waals surface area contributed by atoms with Crippen LogP contribution >= 0.6 is 23.2 Å². The van der Waals surface area contributed by atoms with E-state index in [1.807, 2.05) is 0 Å². The number of amides is 1. The topological polar surface area (TPSA) is 41.1 Å². The average molecular weight is 327 g/mol. The van der Waals surface area contributed by atoms with Crippen LogP contribution in [0.5, 0.6) is 0 Å². The monoisotopic (exact) mass is 326 g/mol. The first-order valence-corrected chi connectivity index (χ1v) is 6.97. The zero-order valence-corrected chi connectivity index (χ0v) is 12.7. The maximum absolute atomic E-state index is 13.0. The predicted molar refractivity (Wildman–Crippen MR) is 84.7 cm³/mol. The van der Waals surface area contributed by atoms with Gasteiger partial charge in [0.25, 0.3) is 0 Å². The second-order valence-electron chi connectivity index (χ2n) is 4.46. The molecule has 0 fully saturated rings. The Hall–Kier alpha value is -1.78. The Bertz CT molecular complexity index is 677. The van der Waals surface area contributed by atoms with Crippen LogP contribution < -0.4 is 10.6 Å². The SMILES string of the molecule is Cc1cc(F)ccc1NCC(=O)Nc1cccc(Cl)c1Cl. The van der Waals surface area contributed by atoms with E-state index in [0.29, 0.717) is 21.4 Å². The number of halogens is 3. The van der Waals surface area contributed by atoms with Crippen LogP contribution in [-0.2, 0) is 4.79 Å². The van der Waals surface area contributed by atoms with Crippen molar-refractivity contribution >= 4 is 40.5 Å². The van der Waals surface area contributed by atoms with Crippen molar-refractivity contribution < 1.29 is 9.18 Å². The van der Waals surface area contributed by atoms with E-state index in [2.05, 4.69) is 10.6 Å². The van der Waals surface area contributed by atoms with Crippen LogP contribution in [0.25, 0.3) is 0 Å². The lowest BCUT2D eigenvalue weighted by molar-refractivity contribution is -0.114. The summed E-state index contributed by atoms with van der Waals surface area (Å²) in [5.41, 5.74) is 1.87. The van der Waals surface area contributed by atoms with Gasteiger partial charge >= 0.3 is 0 Å². The number of carbonyl (C=O) groups is 1. The van der Waals surface area contributed by atoms with Gasteiger partial charge in [0.15, 0.2) is 0 Å². The minimum Gasteiger partial charge on any atom is -0.376 e. The molecule has 2 aromatic rings. The van der Waals surface area contributed by atoms with Crippen LogP contribution in [-0.4, -0.2) is 12.5 Å². The molecule has 2 rings (SSSR count). The Morgan fingerprint density at radius 3 is 2.67 bits per heavy atom. The van der Waals surface area contributed by atoms with Crippen LogP contribution in [0, 0.1) is 12.7 Å². The van der Waals surface area contributed by atoms with Gasteiger partial charge in [-0.25, -0.2) is 4.39 Å². The molecule has 0 spiro atoms. The molecule has 0 atom stereocenters. The van der Waals surface area contributed by atoms with E-state index in [1.54, 1.807) is 31.2 Å². The first-order valence-electron chi connectivity index (χ1n) is 6.21. The number of nitrogens with one attached hydrogen (secondary N) is 2. The maximum atomic E-state index is 13.0. The number of hydrogen-bond donors (Lipinski definition) is 2. The van der Waals surface area contributed by atoms with Crippen LogP contribution in [0.1, 0.15) is 5.56 Å². The third-order valence-electron chi connectivity index (χ3n) is 2.85. The molecule has 0 unspecified atom stereocenters. The third-order valence-corrected chi connectivity index (χ3v) is 3.67. The highest BCUT2D eigenvalue weighted by Crippen LogP contribution is 2.29. The Morgan fingerprint density at radius 1 is 1.19 bits per heavy atom. The van der Waals surface area contributed by atoms with Crippen molar-refractivity contribution in [3.8, 4) is 0 Å². The second kappa shape index (κ2) is 6.78. The predicted octanol–water partition coefficient (Wildman–Crippen LogP) is 4.49. The fourth-order valence-electron chi connectivity index (χ4n) is 1.80. The summed E-state index contributed by atoms with van der Waals surface area (Å²) in [7, 11) is 0. The molecule has 0 aliphatic carbocycles. The summed E-state index contributed by atoms with van der Waals surface area (Å²) in [6, 6.07) is 9.32. The van der Waals surface area contributed by atoms with Gasteiger partial charge in [-0.1, -0.05) is 29.3 Å². The van der Waals surface area contributed by atoms with Crippen molar-refractivity contribution in [2.75, 3.05) is 17.2 Å². The molecule has 2 aromatic carbocycles. The second-order valence-corrected chi connectivity index (χ2v) is 5.25. The van der Waals surface area contributed by atoms with Crippen LogP contribution in [0.2, 0.25) is 10.0 Å². The quantitative estimate of drug-likeness (QED) is 0.869. The number of anilines is 2. The maximum Gasteiger partial charge on any atom is 0.243 e. The van der Waals surface area contributed by atoms with Gasteiger partial charge in [-0.15, -0.1) is 0 Å². The molecular weight excluding hydrogens is 314 g/mol. The van der Waals surface area contributed by atoms with Gasteiger partial charge in [-0.2, -0.15) is 0 Å². The van der Waals surface area contributed by atoms with E-state index in [1.165, 1.54) is 12.1 Å². The van der Waals surface area contributed by atoms with Crippen LogP contribution in [0.3, 0.4) is 0 Å². The Morgan fingerprint density at radius 2 is 1.95 bits per heavy atom. The van der Waals surface area contributed by atoms with Crippen LogP contribution in [0.15, 0.2) is 36.4 Å². The van der Waals surface area contributed by atoms with E-state index in [4.69, 9.17) is 23.2 Å². The molecule has 0 bridgehead atoms. The summed E-state index contributed by atoms with van der Waals surface area (Å²) >= 11 is 11.9. The Balaban J connectivity index is 1.97. The highest BCUT2D eigenvalue weighted by Gasteiger charge is 2.08. The zero-order chi connectivity index (χ0) is 15.4. The van der Waals surface area contributed by atoms with E-state index < -0.39 is 0 Å². The minimum absolute atomic E-state index is 0.0370. The number of hydrogen-bond acceptors (Lipinski definition) is 2. The van der Waals surface area contributed by atoms with Gasteiger partial charge in [0.2, 0.25) is 5.91 Å². The third kappa shape index (κ3) is 4.09. The van der Waals surface area contributed by atoms with Crippen molar-refractivity contribution in [1.29, 1.82) is 0 Å². The summed E-state index contributed by atoms with van der Waals surface area (Å²) in [6.07, 6.45) is 0. The highest BCUT2D eigenvalue weighted by atomic mass is 35.5. The smallest absolute Gasteiger partial charge is 0.243 e. The Labute approximate surface area is 132 Å². The summed E-state index contributed by atoms with van der Waals surface area (Å²) < 4.78 is 13.0. The largest absolute Gasteiger partial charge is 0.376 e. The first-order chi connectivity index (χ1) is 9.97. The van der Waals surface area contributed by atoms with Gasteiger partial charge in [-0.3, -0.25) is 4.79 Å². The van der Waals surface area contributed by atoms with E-state index in [-0.39, 0.29) is 18.3 Å². The fourth-order valence-corrected chi connectivity index (χ4v) is 2.14. The molecule has 0 heterocycles. The summed E-state index contributed by atoms with van der Waals surface area (Å²) in [5, 5.41) is 6.27. The molecular formula is C15H13Cl2FN2O. The Kier molecular flexibility index (Phi) is 5.04. The van der Waals surface area contributed by atoms with Gasteiger partial charge in [-0.05, 0) is 42.8 Å². The van der Waals surface area contributed by atoms with Crippen molar-refractivity contribution in [3.05, 3.63) is 57.8 Å². The molecule has 0 aliphatic rings. The summed E-state index contributed by atoms with van der Waals surface area (Å²) in [5.74, 6) is -0.587. The van der Waals surface area contributed by atoms with Crippen molar-refractivity contribution in [2.45, 2.75) is 6.92 Å². The zero-order valence-electron chi connectivity index (χ0n) is 11.2. The summed E-state index contributed by atoms with van der Waals surface area (Å²) in [6.45, 7) is 1.80. The molecule has 0 aliphatic heterocycles. The van der Waals surface area contributed by atoms with E-state index >= 15 is 0 Å². The molecule has 0 saturated carbocycles. The van der Waals surface area contributed by atoms with Crippen molar-refractivity contribution in [1.82, 2.24) is 0 Å². The van der Waals surface area contributed by atoms with Crippen LogP contribution in [0.4, 0.5) is 15.8 Å². The lowest BCUT2D eigenvalue weighted by Gasteiger charge is -2.11. The molecule has 110 valence electrons. The first kappa shape index (κ1) is 15.6. The summed E-state index contributed by atoms with van der Waals surface area (Å²) in [4.78, 5) is 11.9. The fraction of sp³-hybridized carbons (Fsp3) is 0.133. The van der Waals surface area contributed by atoms with E-state index in [0.717, 1.165) is 5.56 Å². The molecule has 21 heavy (non-hydrogen) atoms. The minimum atomic E-state index is -0.312. The molecule has 0 radical (unpaired) electrons.